The molecule has 0 aliphatic heterocycles. The lowest BCUT2D eigenvalue weighted by molar-refractivity contribution is 0.139. The van der Waals surface area contributed by atoms with Gasteiger partial charge in [0.15, 0.2) is 0 Å². The summed E-state index contributed by atoms with van der Waals surface area (Å²) in [6.45, 7) is 8.44. The Morgan fingerprint density at radius 2 is 2.00 bits per heavy atom. The van der Waals surface area contributed by atoms with Crippen LogP contribution in [0, 0.1) is 11.3 Å². The first-order valence-corrected chi connectivity index (χ1v) is 6.10. The fraction of sp³-hybridized carbons (Fsp3) is 0.917. The average Bonchev–Trinajstić information content (AvgIpc) is 2.19. The highest BCUT2D eigenvalue weighted by atomic mass is 16.5. The maximum absolute atomic E-state index is 7.15. The molecule has 0 amide bonds. The fourth-order valence-electron chi connectivity index (χ4n) is 1.68. The molecule has 0 bridgehead atoms. The van der Waals surface area contributed by atoms with Crippen LogP contribution in [0.3, 0.4) is 0 Å². The lowest BCUT2D eigenvalue weighted by atomic mass is 10.2. The summed E-state index contributed by atoms with van der Waals surface area (Å²) in [6.07, 6.45) is 2.84. The Morgan fingerprint density at radius 3 is 2.50 bits per heavy atom. The Labute approximate surface area is 99.7 Å². The summed E-state index contributed by atoms with van der Waals surface area (Å²) in [5.41, 5.74) is 5.32. The van der Waals surface area contributed by atoms with Crippen molar-refractivity contribution < 1.29 is 4.74 Å². The molecule has 0 aliphatic carbocycles. The quantitative estimate of drug-likeness (QED) is 0.340. The highest BCUT2D eigenvalue weighted by Crippen LogP contribution is 2.03. The number of nitrogens with zero attached hydrogens (tertiary/aromatic N) is 1. The van der Waals surface area contributed by atoms with Crippen molar-refractivity contribution in [3.8, 4) is 0 Å². The van der Waals surface area contributed by atoms with Crippen LogP contribution < -0.4 is 5.73 Å². The average molecular weight is 229 g/mol. The summed E-state index contributed by atoms with van der Waals surface area (Å²) in [6, 6.07) is 0. The summed E-state index contributed by atoms with van der Waals surface area (Å²) < 4.78 is 5.10. The molecule has 0 heterocycles. The lowest BCUT2D eigenvalue weighted by Gasteiger charge is -2.23. The topological polar surface area (TPSA) is 62.3 Å². The van der Waals surface area contributed by atoms with Crippen LogP contribution in [-0.2, 0) is 4.74 Å². The first-order valence-electron chi connectivity index (χ1n) is 6.10. The van der Waals surface area contributed by atoms with E-state index in [1.54, 1.807) is 7.11 Å². The number of amidine groups is 1. The fourth-order valence-corrected chi connectivity index (χ4v) is 1.68. The summed E-state index contributed by atoms with van der Waals surface area (Å²) in [4.78, 5) is 2.42. The minimum Gasteiger partial charge on any atom is -0.388 e. The van der Waals surface area contributed by atoms with Gasteiger partial charge in [-0.15, -0.1) is 0 Å². The maximum Gasteiger partial charge on any atom is 0.0905 e. The highest BCUT2D eigenvalue weighted by Gasteiger charge is 2.06. The number of hydrogen-bond donors (Lipinski definition) is 2. The molecule has 0 radical (unpaired) electrons. The van der Waals surface area contributed by atoms with Crippen LogP contribution in [0.4, 0.5) is 0 Å². The number of methoxy groups -OCH3 is 1. The van der Waals surface area contributed by atoms with Crippen LogP contribution in [0.1, 0.15) is 33.1 Å². The molecule has 0 fully saturated rings. The van der Waals surface area contributed by atoms with Gasteiger partial charge in [-0.3, -0.25) is 5.41 Å². The first-order chi connectivity index (χ1) is 7.56. The number of unbranched alkanes of at least 4 members (excludes halogenated alkanes) is 1. The molecule has 3 N–H and O–H groups in total. The van der Waals surface area contributed by atoms with Crippen molar-refractivity contribution in [2.24, 2.45) is 11.7 Å². The van der Waals surface area contributed by atoms with Gasteiger partial charge in [0, 0.05) is 26.6 Å². The molecule has 4 nitrogen and oxygen atoms in total. The van der Waals surface area contributed by atoms with Gasteiger partial charge in [0.05, 0.1) is 12.4 Å². The molecule has 0 aromatic heterocycles. The highest BCUT2D eigenvalue weighted by molar-refractivity contribution is 5.76. The molecule has 0 unspecified atom stereocenters. The lowest BCUT2D eigenvalue weighted by Crippen LogP contribution is -2.32. The minimum atomic E-state index is 0.298. The van der Waals surface area contributed by atoms with Gasteiger partial charge in [-0.25, -0.2) is 0 Å². The monoisotopic (exact) mass is 229 g/mol. The van der Waals surface area contributed by atoms with Crippen LogP contribution in [-0.4, -0.2) is 44.1 Å². The summed E-state index contributed by atoms with van der Waals surface area (Å²) in [5, 5.41) is 7.15. The predicted octanol–water partition coefficient (Wildman–Crippen LogP) is 1.70. The molecule has 0 aliphatic rings. The molecule has 0 rings (SSSR count). The van der Waals surface area contributed by atoms with E-state index in [-0.39, 0.29) is 0 Å². The van der Waals surface area contributed by atoms with E-state index in [0.717, 1.165) is 45.5 Å². The van der Waals surface area contributed by atoms with E-state index in [9.17, 15) is 0 Å². The first kappa shape index (κ1) is 15.4. The van der Waals surface area contributed by atoms with E-state index in [0.29, 0.717) is 11.8 Å². The zero-order valence-corrected chi connectivity index (χ0v) is 11.0. The summed E-state index contributed by atoms with van der Waals surface area (Å²) in [5.74, 6) is 0.983. The van der Waals surface area contributed by atoms with E-state index in [1.165, 1.54) is 0 Å². The molecule has 0 spiro atoms. The van der Waals surface area contributed by atoms with Crippen LogP contribution >= 0.6 is 0 Å². The normalized spacial score (nSPS) is 11.3. The number of ether oxygens (including phenoxy) is 1. The number of hydrogen-bond acceptors (Lipinski definition) is 3. The van der Waals surface area contributed by atoms with E-state index in [2.05, 4.69) is 18.7 Å². The standard InChI is InChI=1S/C12H27N3O/c1-11(2)10-15(8-9-16-3)7-5-4-6-12(13)14/h11H,4-10H2,1-3H3,(H3,13,14). The smallest absolute Gasteiger partial charge is 0.0905 e. The summed E-state index contributed by atoms with van der Waals surface area (Å²) >= 11 is 0. The Morgan fingerprint density at radius 1 is 1.31 bits per heavy atom. The van der Waals surface area contributed by atoms with Gasteiger partial charge in [0.2, 0.25) is 0 Å². The van der Waals surface area contributed by atoms with Crippen molar-refractivity contribution >= 4 is 5.84 Å². The second kappa shape index (κ2) is 9.60. The van der Waals surface area contributed by atoms with Crippen LogP contribution in [0.5, 0.6) is 0 Å². The van der Waals surface area contributed by atoms with E-state index in [1.807, 2.05) is 0 Å². The van der Waals surface area contributed by atoms with Gasteiger partial charge < -0.3 is 15.4 Å². The molecule has 96 valence electrons. The van der Waals surface area contributed by atoms with Gasteiger partial charge in [0.1, 0.15) is 0 Å². The van der Waals surface area contributed by atoms with Crippen molar-refractivity contribution in [2.45, 2.75) is 33.1 Å². The third kappa shape index (κ3) is 9.93. The molecule has 0 saturated carbocycles. The molecule has 4 heteroatoms. The second-order valence-corrected chi connectivity index (χ2v) is 4.67. The number of nitrogens with two attached hydrogens (primary N) is 1. The van der Waals surface area contributed by atoms with E-state index >= 15 is 0 Å². The van der Waals surface area contributed by atoms with Crippen molar-refractivity contribution in [1.82, 2.24) is 4.90 Å². The predicted molar refractivity (Wildman–Crippen MR) is 68.9 cm³/mol. The van der Waals surface area contributed by atoms with Crippen LogP contribution in [0.25, 0.3) is 0 Å². The molecule has 0 saturated heterocycles. The number of nitrogens with one attached hydrogen (secondary N) is 1. The Hall–Kier alpha value is -0.610. The van der Waals surface area contributed by atoms with Gasteiger partial charge in [0.25, 0.3) is 0 Å². The molecular weight excluding hydrogens is 202 g/mol. The van der Waals surface area contributed by atoms with Gasteiger partial charge in [-0.05, 0) is 25.3 Å². The van der Waals surface area contributed by atoms with Crippen molar-refractivity contribution in [3.05, 3.63) is 0 Å². The van der Waals surface area contributed by atoms with E-state index in [4.69, 9.17) is 15.9 Å². The molecule has 0 aromatic carbocycles. The minimum absolute atomic E-state index is 0.298. The number of rotatable bonds is 10. The molecule has 16 heavy (non-hydrogen) atoms. The largest absolute Gasteiger partial charge is 0.388 e. The van der Waals surface area contributed by atoms with Crippen molar-refractivity contribution in [1.29, 1.82) is 5.41 Å². The van der Waals surface area contributed by atoms with Gasteiger partial charge in [-0.2, -0.15) is 0 Å². The zero-order chi connectivity index (χ0) is 12.4. The van der Waals surface area contributed by atoms with Crippen LogP contribution in [0.15, 0.2) is 0 Å². The Bertz CT molecular complexity index is 183. The molecule has 0 aromatic rings. The van der Waals surface area contributed by atoms with E-state index < -0.39 is 0 Å². The Kier molecular flexibility index (Phi) is 9.24. The van der Waals surface area contributed by atoms with Crippen molar-refractivity contribution in [2.75, 3.05) is 33.4 Å². The SMILES string of the molecule is COCCN(CCCCC(=N)N)CC(C)C. The molecule has 0 atom stereocenters. The van der Waals surface area contributed by atoms with Crippen molar-refractivity contribution in [3.63, 3.8) is 0 Å². The second-order valence-electron chi connectivity index (χ2n) is 4.67. The third-order valence-corrected chi connectivity index (χ3v) is 2.41. The molecular formula is C12H27N3O. The zero-order valence-electron chi connectivity index (χ0n) is 11.0. The van der Waals surface area contributed by atoms with Crippen LogP contribution in [0.2, 0.25) is 0 Å². The Balaban J connectivity index is 3.68. The summed E-state index contributed by atoms with van der Waals surface area (Å²) in [7, 11) is 1.74. The van der Waals surface area contributed by atoms with Gasteiger partial charge >= 0.3 is 0 Å². The van der Waals surface area contributed by atoms with Gasteiger partial charge in [-0.1, -0.05) is 13.8 Å². The third-order valence-electron chi connectivity index (χ3n) is 2.41. The maximum atomic E-state index is 7.15.